The fourth-order valence-corrected chi connectivity index (χ4v) is 3.29. The van der Waals surface area contributed by atoms with E-state index in [-0.39, 0.29) is 29.0 Å². The molecule has 0 spiro atoms. The van der Waals surface area contributed by atoms with Crippen molar-refractivity contribution in [3.8, 4) is 0 Å². The molecule has 3 aromatic rings. The Bertz CT molecular complexity index is 1280. The third-order valence-electron chi connectivity index (χ3n) is 4.93. The maximum atomic E-state index is 13.6. The van der Waals surface area contributed by atoms with Gasteiger partial charge in [0.2, 0.25) is 0 Å². The number of rotatable bonds is 7. The van der Waals surface area contributed by atoms with Crippen LogP contribution in [0.15, 0.2) is 30.6 Å². The van der Waals surface area contributed by atoms with Crippen molar-refractivity contribution in [2.45, 2.75) is 45.8 Å². The van der Waals surface area contributed by atoms with Crippen molar-refractivity contribution in [3.05, 3.63) is 53.2 Å². The van der Waals surface area contributed by atoms with Crippen molar-refractivity contribution in [2.24, 2.45) is 0 Å². The minimum atomic E-state index is -0.800. The van der Waals surface area contributed by atoms with E-state index in [0.29, 0.717) is 16.9 Å². The molecule has 0 aliphatic carbocycles. The maximum Gasteiger partial charge on any atom is 0.407 e. The Kier molecular flexibility index (Phi) is 7.09. The molecule has 2 amide bonds. The van der Waals surface area contributed by atoms with Gasteiger partial charge in [-0.15, -0.1) is 0 Å². The number of amides is 2. The lowest BCUT2D eigenvalue weighted by molar-refractivity contribution is 0.0509. The second-order valence-electron chi connectivity index (χ2n) is 9.66. The van der Waals surface area contributed by atoms with Crippen LogP contribution in [0.5, 0.6) is 0 Å². The van der Waals surface area contributed by atoms with Gasteiger partial charge in [0.25, 0.3) is 5.91 Å². The third-order valence-corrected chi connectivity index (χ3v) is 4.93. The molecule has 2 aromatic heterocycles. The van der Waals surface area contributed by atoms with Crippen LogP contribution in [0.25, 0.3) is 11.2 Å². The summed E-state index contributed by atoms with van der Waals surface area (Å²) in [4.78, 5) is 36.7. The van der Waals surface area contributed by atoms with E-state index in [1.54, 1.807) is 41.7 Å². The highest BCUT2D eigenvalue weighted by atomic mass is 19.1. The van der Waals surface area contributed by atoms with Crippen molar-refractivity contribution >= 4 is 34.6 Å². The molecule has 0 bridgehead atoms. The van der Waals surface area contributed by atoms with Crippen LogP contribution in [0.1, 0.15) is 56.2 Å². The van der Waals surface area contributed by atoms with E-state index in [9.17, 15) is 14.0 Å². The zero-order valence-electron chi connectivity index (χ0n) is 20.6. The van der Waals surface area contributed by atoms with E-state index in [1.807, 2.05) is 0 Å². The Morgan fingerprint density at radius 1 is 1.17 bits per heavy atom. The maximum absolute atomic E-state index is 13.6. The molecule has 11 heteroatoms. The Morgan fingerprint density at radius 3 is 2.54 bits per heavy atom. The Labute approximate surface area is 202 Å². The number of aromatic amines is 1. The molecule has 0 aliphatic rings. The van der Waals surface area contributed by atoms with E-state index in [4.69, 9.17) is 10.1 Å². The average Bonchev–Trinajstić information content (AvgIpc) is 3.19. The van der Waals surface area contributed by atoms with Crippen LogP contribution >= 0.6 is 0 Å². The first-order chi connectivity index (χ1) is 16.3. The molecule has 35 heavy (non-hydrogen) atoms. The number of benzene rings is 1. The van der Waals surface area contributed by atoms with Gasteiger partial charge >= 0.3 is 6.09 Å². The zero-order chi connectivity index (χ0) is 26.0. The first-order valence-electron chi connectivity index (χ1n) is 11.0. The molecule has 0 atom stereocenters. The van der Waals surface area contributed by atoms with E-state index >= 15 is 0 Å². The Balaban J connectivity index is 1.80. The van der Waals surface area contributed by atoms with Gasteiger partial charge in [-0.3, -0.25) is 10.2 Å². The minimum Gasteiger partial charge on any atom is -0.444 e. The summed E-state index contributed by atoms with van der Waals surface area (Å²) in [6.45, 7) is 8.95. The molecule has 2 heterocycles. The molecule has 5 N–H and O–H groups in total. The number of hydrogen-bond donors (Lipinski definition) is 5. The first kappa shape index (κ1) is 25.6. The standard InChI is InChI=1S/C24H30FN7O3/c1-23(2,3)35-22(34)30-12-24(4,5)32-21(33)15-10-28-20-19(15)31-17(11-29-20)18(26)14-8-7-13(25)9-16(14)27-6/h7-11,26-27H,12H2,1-6H3,(H,28,29)(H,30,34)(H,32,33). The van der Waals surface area contributed by atoms with Crippen LogP contribution in [-0.2, 0) is 4.74 Å². The molecule has 186 valence electrons. The van der Waals surface area contributed by atoms with Crippen molar-refractivity contribution in [2.75, 3.05) is 18.9 Å². The summed E-state index contributed by atoms with van der Waals surface area (Å²) >= 11 is 0. The van der Waals surface area contributed by atoms with Crippen LogP contribution < -0.4 is 16.0 Å². The summed E-state index contributed by atoms with van der Waals surface area (Å²) in [6, 6.07) is 4.04. The molecular formula is C24H30FN7O3. The van der Waals surface area contributed by atoms with Gasteiger partial charge in [-0.2, -0.15) is 0 Å². The van der Waals surface area contributed by atoms with Crippen LogP contribution in [-0.4, -0.2) is 57.4 Å². The summed E-state index contributed by atoms with van der Waals surface area (Å²) in [5.74, 6) is -0.858. The molecular weight excluding hydrogens is 453 g/mol. The van der Waals surface area contributed by atoms with Crippen LogP contribution in [0.4, 0.5) is 14.9 Å². The third kappa shape index (κ3) is 6.31. The van der Waals surface area contributed by atoms with Gasteiger partial charge in [0.15, 0.2) is 5.65 Å². The fourth-order valence-electron chi connectivity index (χ4n) is 3.29. The van der Waals surface area contributed by atoms with E-state index in [0.717, 1.165) is 0 Å². The summed E-state index contributed by atoms with van der Waals surface area (Å²) in [6.07, 6.45) is 2.32. The van der Waals surface area contributed by atoms with Crippen LogP contribution in [0.3, 0.4) is 0 Å². The highest BCUT2D eigenvalue weighted by Gasteiger charge is 2.26. The quantitative estimate of drug-likeness (QED) is 0.325. The van der Waals surface area contributed by atoms with E-state index in [2.05, 4.69) is 30.9 Å². The number of H-pyrrole nitrogens is 1. The number of alkyl carbamates (subject to hydrolysis) is 1. The SMILES string of the molecule is CNc1cc(F)ccc1C(=N)c1cnc2[nH]cc(C(=O)NC(C)(C)CNC(=O)OC(C)(C)C)c2n1. The molecule has 3 rings (SSSR count). The Morgan fingerprint density at radius 2 is 1.89 bits per heavy atom. The molecule has 10 nitrogen and oxygen atoms in total. The molecule has 0 saturated heterocycles. The summed E-state index contributed by atoms with van der Waals surface area (Å²) in [5, 5.41) is 17.0. The number of ether oxygens (including phenoxy) is 1. The smallest absolute Gasteiger partial charge is 0.407 e. The second kappa shape index (κ2) is 9.69. The molecule has 0 unspecified atom stereocenters. The molecule has 0 aliphatic heterocycles. The van der Waals surface area contributed by atoms with Gasteiger partial charge in [-0.05, 0) is 52.8 Å². The topological polar surface area (TPSA) is 145 Å². The van der Waals surface area contributed by atoms with Gasteiger partial charge in [-0.1, -0.05) is 0 Å². The monoisotopic (exact) mass is 483 g/mol. The molecule has 0 radical (unpaired) electrons. The Hall–Kier alpha value is -4.02. The predicted octanol–water partition coefficient (Wildman–Crippen LogP) is 3.59. The van der Waals surface area contributed by atoms with Crippen LogP contribution in [0, 0.1) is 11.2 Å². The molecule has 1 aromatic carbocycles. The lowest BCUT2D eigenvalue weighted by atomic mass is 10.0. The first-order valence-corrected chi connectivity index (χ1v) is 11.0. The van der Waals surface area contributed by atoms with Crippen molar-refractivity contribution in [1.29, 1.82) is 5.41 Å². The molecule has 0 saturated carbocycles. The number of carbonyl (C=O) groups is 2. The van der Waals surface area contributed by atoms with Crippen molar-refractivity contribution in [3.63, 3.8) is 0 Å². The lowest BCUT2D eigenvalue weighted by Crippen LogP contribution is -2.52. The minimum absolute atomic E-state index is 0.0261. The normalized spacial score (nSPS) is 11.7. The zero-order valence-corrected chi connectivity index (χ0v) is 20.6. The van der Waals surface area contributed by atoms with Crippen molar-refractivity contribution < 1.29 is 18.7 Å². The number of aromatic nitrogens is 3. The average molecular weight is 484 g/mol. The number of hydrogen-bond acceptors (Lipinski definition) is 7. The van der Waals surface area contributed by atoms with E-state index in [1.165, 1.54) is 30.6 Å². The van der Waals surface area contributed by atoms with Gasteiger partial charge in [0.1, 0.15) is 22.6 Å². The van der Waals surface area contributed by atoms with Gasteiger partial charge in [0, 0.05) is 31.0 Å². The number of carbonyl (C=O) groups excluding carboxylic acids is 2. The number of nitrogens with zero attached hydrogens (tertiary/aromatic N) is 2. The summed E-state index contributed by atoms with van der Waals surface area (Å²) < 4.78 is 18.8. The van der Waals surface area contributed by atoms with Crippen molar-refractivity contribution in [1.82, 2.24) is 25.6 Å². The predicted molar refractivity (Wildman–Crippen MR) is 132 cm³/mol. The lowest BCUT2D eigenvalue weighted by Gasteiger charge is -2.27. The number of halogens is 1. The fraction of sp³-hybridized carbons (Fsp3) is 0.375. The van der Waals surface area contributed by atoms with Gasteiger partial charge in [-0.25, -0.2) is 19.2 Å². The van der Waals surface area contributed by atoms with E-state index < -0.39 is 29.0 Å². The summed E-state index contributed by atoms with van der Waals surface area (Å²) in [7, 11) is 1.63. The molecule has 0 fully saturated rings. The van der Waals surface area contributed by atoms with Gasteiger partial charge < -0.3 is 25.7 Å². The number of fused-ring (bicyclic) bond motifs is 1. The summed E-state index contributed by atoms with van der Waals surface area (Å²) in [5.41, 5.74) is 0.594. The largest absolute Gasteiger partial charge is 0.444 e. The highest BCUT2D eigenvalue weighted by molar-refractivity contribution is 6.14. The highest BCUT2D eigenvalue weighted by Crippen LogP contribution is 2.22. The number of anilines is 1. The van der Waals surface area contributed by atoms with Crippen LogP contribution in [0.2, 0.25) is 0 Å². The second-order valence-corrected chi connectivity index (χ2v) is 9.66. The van der Waals surface area contributed by atoms with Gasteiger partial charge in [0.05, 0.1) is 23.0 Å². The number of nitrogens with one attached hydrogen (secondary N) is 5.